The number of rotatable bonds is 5. The molecular weight excluding hydrogens is 344 g/mol. The fourth-order valence-electron chi connectivity index (χ4n) is 2.86. The first-order chi connectivity index (χ1) is 13.2. The molecule has 0 aliphatic carbocycles. The molecule has 0 atom stereocenters. The minimum absolute atomic E-state index is 0.0513. The molecule has 0 spiro atoms. The van der Waals surface area contributed by atoms with Crippen LogP contribution in [0.5, 0.6) is 17.2 Å². The second kappa shape index (κ2) is 6.87. The van der Waals surface area contributed by atoms with Crippen molar-refractivity contribution in [3.8, 4) is 28.5 Å². The van der Waals surface area contributed by atoms with Gasteiger partial charge in [0.2, 0.25) is 5.78 Å². The number of imidazole rings is 1. The van der Waals surface area contributed by atoms with Crippen LogP contribution in [0, 0.1) is 0 Å². The highest BCUT2D eigenvalue weighted by molar-refractivity contribution is 5.80. The predicted molar refractivity (Wildman–Crippen MR) is 103 cm³/mol. The van der Waals surface area contributed by atoms with Crippen LogP contribution < -0.4 is 14.8 Å². The van der Waals surface area contributed by atoms with Gasteiger partial charge in [0.05, 0.1) is 14.2 Å². The van der Waals surface area contributed by atoms with Gasteiger partial charge in [-0.1, -0.05) is 0 Å². The number of aromatic hydroxyl groups is 1. The van der Waals surface area contributed by atoms with Crippen LogP contribution in [0.1, 0.15) is 0 Å². The van der Waals surface area contributed by atoms with Gasteiger partial charge >= 0.3 is 0 Å². The van der Waals surface area contributed by atoms with Gasteiger partial charge in [0.1, 0.15) is 17.3 Å². The van der Waals surface area contributed by atoms with E-state index < -0.39 is 0 Å². The number of aromatic nitrogens is 3. The Bertz CT molecular complexity index is 1090. The van der Waals surface area contributed by atoms with Crippen molar-refractivity contribution in [3.63, 3.8) is 0 Å². The number of anilines is 2. The van der Waals surface area contributed by atoms with Crippen molar-refractivity contribution >= 4 is 17.3 Å². The molecule has 2 N–H and O–H groups in total. The third-order valence-electron chi connectivity index (χ3n) is 4.21. The van der Waals surface area contributed by atoms with E-state index >= 15 is 0 Å². The molecule has 2 aromatic carbocycles. The number of hydrogen-bond acceptors (Lipinski definition) is 6. The molecule has 2 heterocycles. The highest BCUT2D eigenvalue weighted by Crippen LogP contribution is 2.35. The molecule has 0 saturated carbocycles. The van der Waals surface area contributed by atoms with Gasteiger partial charge in [0, 0.05) is 23.6 Å². The van der Waals surface area contributed by atoms with Crippen LogP contribution >= 0.6 is 0 Å². The zero-order chi connectivity index (χ0) is 18.8. The quantitative estimate of drug-likeness (QED) is 0.561. The SMILES string of the molecule is COc1ccc(Nc2c(-c3ccc(OC)c(O)c3)nc3ncccn23)cc1. The summed E-state index contributed by atoms with van der Waals surface area (Å²) in [4.78, 5) is 8.94. The van der Waals surface area contributed by atoms with Crippen LogP contribution in [0.2, 0.25) is 0 Å². The van der Waals surface area contributed by atoms with E-state index in [1.54, 1.807) is 25.4 Å². The summed E-state index contributed by atoms with van der Waals surface area (Å²) in [5.74, 6) is 2.54. The summed E-state index contributed by atoms with van der Waals surface area (Å²) in [6.07, 6.45) is 3.57. The number of phenols is 1. The van der Waals surface area contributed by atoms with Crippen molar-refractivity contribution < 1.29 is 14.6 Å². The van der Waals surface area contributed by atoms with Crippen molar-refractivity contribution in [1.29, 1.82) is 0 Å². The maximum Gasteiger partial charge on any atom is 0.235 e. The average Bonchev–Trinajstić information content (AvgIpc) is 3.07. The predicted octanol–water partition coefficient (Wildman–Crippen LogP) is 3.86. The molecule has 0 saturated heterocycles. The summed E-state index contributed by atoms with van der Waals surface area (Å²) < 4.78 is 12.2. The van der Waals surface area contributed by atoms with E-state index in [4.69, 9.17) is 9.47 Å². The Kier molecular flexibility index (Phi) is 4.25. The monoisotopic (exact) mass is 362 g/mol. The fourth-order valence-corrected chi connectivity index (χ4v) is 2.86. The largest absolute Gasteiger partial charge is 0.504 e. The Balaban J connectivity index is 1.82. The molecule has 4 rings (SSSR count). The molecule has 4 aromatic rings. The number of hydrogen-bond donors (Lipinski definition) is 2. The van der Waals surface area contributed by atoms with E-state index in [2.05, 4.69) is 15.3 Å². The first kappa shape index (κ1) is 16.7. The van der Waals surface area contributed by atoms with E-state index in [0.717, 1.165) is 22.8 Å². The van der Waals surface area contributed by atoms with Crippen molar-refractivity contribution in [2.24, 2.45) is 0 Å². The Labute approximate surface area is 155 Å². The zero-order valence-electron chi connectivity index (χ0n) is 14.9. The van der Waals surface area contributed by atoms with Gasteiger partial charge in [-0.2, -0.15) is 0 Å². The first-order valence-electron chi connectivity index (χ1n) is 8.31. The molecule has 27 heavy (non-hydrogen) atoms. The van der Waals surface area contributed by atoms with Gasteiger partial charge in [0.15, 0.2) is 11.5 Å². The molecule has 7 heteroatoms. The van der Waals surface area contributed by atoms with Gasteiger partial charge in [-0.05, 0) is 48.5 Å². The highest BCUT2D eigenvalue weighted by atomic mass is 16.5. The second-order valence-electron chi connectivity index (χ2n) is 5.84. The van der Waals surface area contributed by atoms with Crippen LogP contribution in [0.15, 0.2) is 60.9 Å². The highest BCUT2D eigenvalue weighted by Gasteiger charge is 2.16. The van der Waals surface area contributed by atoms with Crippen LogP contribution in [0.3, 0.4) is 0 Å². The third-order valence-corrected chi connectivity index (χ3v) is 4.21. The van der Waals surface area contributed by atoms with Gasteiger partial charge in [-0.15, -0.1) is 0 Å². The summed E-state index contributed by atoms with van der Waals surface area (Å²) >= 11 is 0. The molecule has 0 radical (unpaired) electrons. The van der Waals surface area contributed by atoms with Gasteiger partial charge in [-0.25, -0.2) is 9.97 Å². The standard InChI is InChI=1S/C20H18N4O3/c1-26-15-7-5-14(6-8-15)22-19-18(23-20-21-10-3-11-24(19)20)13-4-9-17(27-2)16(25)12-13/h3-12,22,25H,1-2H3. The molecule has 0 aliphatic rings. The lowest BCUT2D eigenvalue weighted by Crippen LogP contribution is -1.97. The van der Waals surface area contributed by atoms with Crippen LogP contribution in [-0.2, 0) is 0 Å². The van der Waals surface area contributed by atoms with E-state index in [0.29, 0.717) is 17.2 Å². The third kappa shape index (κ3) is 3.10. The number of methoxy groups -OCH3 is 2. The summed E-state index contributed by atoms with van der Waals surface area (Å²) in [5.41, 5.74) is 2.29. The lowest BCUT2D eigenvalue weighted by Gasteiger charge is -2.10. The van der Waals surface area contributed by atoms with E-state index in [-0.39, 0.29) is 5.75 Å². The van der Waals surface area contributed by atoms with E-state index in [1.165, 1.54) is 7.11 Å². The maximum atomic E-state index is 10.2. The summed E-state index contributed by atoms with van der Waals surface area (Å²) in [5, 5.41) is 13.5. The number of fused-ring (bicyclic) bond motifs is 1. The molecular formula is C20H18N4O3. The van der Waals surface area contributed by atoms with Crippen molar-refractivity contribution in [2.45, 2.75) is 0 Å². The Morgan fingerprint density at radius 3 is 2.56 bits per heavy atom. The maximum absolute atomic E-state index is 10.2. The zero-order valence-corrected chi connectivity index (χ0v) is 14.9. The molecule has 0 aliphatic heterocycles. The van der Waals surface area contributed by atoms with Crippen LogP contribution in [0.4, 0.5) is 11.5 Å². The first-order valence-corrected chi connectivity index (χ1v) is 8.31. The van der Waals surface area contributed by atoms with Crippen molar-refractivity contribution in [2.75, 3.05) is 19.5 Å². The minimum Gasteiger partial charge on any atom is -0.504 e. The lowest BCUT2D eigenvalue weighted by molar-refractivity contribution is 0.373. The molecule has 0 unspecified atom stereocenters. The van der Waals surface area contributed by atoms with Crippen LogP contribution in [0.25, 0.3) is 17.0 Å². The van der Waals surface area contributed by atoms with Crippen molar-refractivity contribution in [1.82, 2.24) is 14.4 Å². The van der Waals surface area contributed by atoms with Gasteiger partial charge < -0.3 is 19.9 Å². The van der Waals surface area contributed by atoms with Crippen molar-refractivity contribution in [3.05, 3.63) is 60.9 Å². The molecule has 7 nitrogen and oxygen atoms in total. The number of benzene rings is 2. The smallest absolute Gasteiger partial charge is 0.235 e. The molecule has 136 valence electrons. The Hall–Kier alpha value is -3.74. The summed E-state index contributed by atoms with van der Waals surface area (Å²) in [6.45, 7) is 0. The average molecular weight is 362 g/mol. The van der Waals surface area contributed by atoms with Crippen LogP contribution in [-0.4, -0.2) is 33.7 Å². The topological polar surface area (TPSA) is 80.9 Å². The van der Waals surface area contributed by atoms with Gasteiger partial charge in [-0.3, -0.25) is 4.40 Å². The number of nitrogens with one attached hydrogen (secondary N) is 1. The molecule has 0 amide bonds. The van der Waals surface area contributed by atoms with E-state index in [9.17, 15) is 5.11 Å². The van der Waals surface area contributed by atoms with E-state index in [1.807, 2.05) is 47.0 Å². The Morgan fingerprint density at radius 2 is 1.85 bits per heavy atom. The lowest BCUT2D eigenvalue weighted by atomic mass is 10.1. The summed E-state index contributed by atoms with van der Waals surface area (Å²) in [7, 11) is 3.15. The molecule has 2 aromatic heterocycles. The number of nitrogens with zero attached hydrogens (tertiary/aromatic N) is 3. The summed E-state index contributed by atoms with van der Waals surface area (Å²) in [6, 6.07) is 14.6. The second-order valence-corrected chi connectivity index (χ2v) is 5.84. The molecule has 0 fully saturated rings. The number of ether oxygens (including phenoxy) is 2. The van der Waals surface area contributed by atoms with Gasteiger partial charge in [0.25, 0.3) is 0 Å². The fraction of sp³-hybridized carbons (Fsp3) is 0.100. The Morgan fingerprint density at radius 1 is 1.04 bits per heavy atom. The minimum atomic E-state index is 0.0513. The number of phenolic OH excluding ortho intramolecular Hbond substituents is 1. The normalized spacial score (nSPS) is 10.7. The molecule has 0 bridgehead atoms.